The maximum absolute atomic E-state index is 10.7. The summed E-state index contributed by atoms with van der Waals surface area (Å²) in [5.74, 6) is 0.626. The number of urea groups is 1. The fraction of sp³-hybridized carbons (Fsp3) is 0.300. The quantitative estimate of drug-likeness (QED) is 0.754. The lowest BCUT2D eigenvalue weighted by Crippen LogP contribution is -2.20. The number of ether oxygens (including phenoxy) is 1. The van der Waals surface area contributed by atoms with E-state index in [-0.39, 0.29) is 0 Å². The van der Waals surface area contributed by atoms with Gasteiger partial charge in [-0.05, 0) is 31.0 Å². The standard InChI is InChI=1S/C10H14N2O2/c1-6-4-7(2)9(12-10(11)13)8(5-6)14-3/h4-5H,1-3H3,(H3,11,12,13). The van der Waals surface area contributed by atoms with Gasteiger partial charge in [-0.1, -0.05) is 6.07 Å². The zero-order valence-electron chi connectivity index (χ0n) is 8.55. The zero-order chi connectivity index (χ0) is 10.7. The number of hydrogen-bond acceptors (Lipinski definition) is 2. The van der Waals surface area contributed by atoms with Crippen LogP contribution in [0.5, 0.6) is 5.75 Å². The fourth-order valence-corrected chi connectivity index (χ4v) is 1.37. The molecule has 0 spiro atoms. The van der Waals surface area contributed by atoms with Crippen LogP contribution >= 0.6 is 0 Å². The fourth-order valence-electron chi connectivity index (χ4n) is 1.37. The highest BCUT2D eigenvalue weighted by Crippen LogP contribution is 2.29. The van der Waals surface area contributed by atoms with Crippen molar-refractivity contribution in [2.45, 2.75) is 13.8 Å². The van der Waals surface area contributed by atoms with Crippen molar-refractivity contribution in [3.63, 3.8) is 0 Å². The highest BCUT2D eigenvalue weighted by Gasteiger charge is 2.08. The second-order valence-electron chi connectivity index (χ2n) is 3.15. The van der Waals surface area contributed by atoms with Gasteiger partial charge < -0.3 is 15.8 Å². The molecule has 3 N–H and O–H groups in total. The van der Waals surface area contributed by atoms with Crippen molar-refractivity contribution in [3.8, 4) is 5.75 Å². The van der Waals surface area contributed by atoms with Crippen molar-refractivity contribution in [3.05, 3.63) is 23.3 Å². The largest absolute Gasteiger partial charge is 0.495 e. The van der Waals surface area contributed by atoms with Crippen LogP contribution < -0.4 is 15.8 Å². The number of carbonyl (C=O) groups excluding carboxylic acids is 1. The van der Waals surface area contributed by atoms with E-state index in [1.54, 1.807) is 7.11 Å². The van der Waals surface area contributed by atoms with Crippen LogP contribution in [0.25, 0.3) is 0 Å². The van der Waals surface area contributed by atoms with E-state index in [0.717, 1.165) is 11.1 Å². The molecule has 0 atom stereocenters. The van der Waals surface area contributed by atoms with Gasteiger partial charge in [0.05, 0.1) is 12.8 Å². The predicted molar refractivity (Wildman–Crippen MR) is 55.7 cm³/mol. The molecule has 0 bridgehead atoms. The summed E-state index contributed by atoms with van der Waals surface area (Å²) < 4.78 is 5.14. The van der Waals surface area contributed by atoms with Gasteiger partial charge in [0, 0.05) is 0 Å². The Kier molecular flexibility index (Phi) is 2.96. The number of rotatable bonds is 2. The Labute approximate surface area is 83.1 Å². The summed E-state index contributed by atoms with van der Waals surface area (Å²) >= 11 is 0. The lowest BCUT2D eigenvalue weighted by atomic mass is 10.1. The molecule has 4 heteroatoms. The van der Waals surface area contributed by atoms with Gasteiger partial charge in [0.15, 0.2) is 0 Å². The highest BCUT2D eigenvalue weighted by atomic mass is 16.5. The van der Waals surface area contributed by atoms with Crippen molar-refractivity contribution in [2.24, 2.45) is 5.73 Å². The van der Waals surface area contributed by atoms with Gasteiger partial charge in [0.1, 0.15) is 5.75 Å². The minimum absolute atomic E-state index is 0.588. The van der Waals surface area contributed by atoms with Crippen molar-refractivity contribution in [1.82, 2.24) is 0 Å². The van der Waals surface area contributed by atoms with Crippen LogP contribution in [0.1, 0.15) is 11.1 Å². The van der Waals surface area contributed by atoms with Crippen LogP contribution in [0.2, 0.25) is 0 Å². The van der Waals surface area contributed by atoms with Crippen LogP contribution in [0, 0.1) is 13.8 Å². The summed E-state index contributed by atoms with van der Waals surface area (Å²) in [6, 6.07) is 3.21. The first-order chi connectivity index (χ1) is 6.54. The molecule has 0 aliphatic carbocycles. The zero-order valence-corrected chi connectivity index (χ0v) is 8.55. The van der Waals surface area contributed by atoms with Crippen LogP contribution in [-0.4, -0.2) is 13.1 Å². The van der Waals surface area contributed by atoms with Crippen LogP contribution in [0.3, 0.4) is 0 Å². The van der Waals surface area contributed by atoms with Gasteiger partial charge in [-0.25, -0.2) is 4.79 Å². The molecule has 76 valence electrons. The molecule has 4 nitrogen and oxygen atoms in total. The van der Waals surface area contributed by atoms with E-state index in [4.69, 9.17) is 10.5 Å². The molecule has 0 heterocycles. The molecular formula is C10H14N2O2. The first-order valence-electron chi connectivity index (χ1n) is 4.26. The topological polar surface area (TPSA) is 64.3 Å². The number of nitrogens with one attached hydrogen (secondary N) is 1. The lowest BCUT2D eigenvalue weighted by molar-refractivity contribution is 0.259. The molecule has 0 aliphatic rings. The summed E-state index contributed by atoms with van der Waals surface area (Å²) in [6.07, 6.45) is 0. The molecular weight excluding hydrogens is 180 g/mol. The second kappa shape index (κ2) is 4.00. The first-order valence-corrected chi connectivity index (χ1v) is 4.26. The lowest BCUT2D eigenvalue weighted by Gasteiger charge is -2.12. The third-order valence-electron chi connectivity index (χ3n) is 1.91. The van der Waals surface area contributed by atoms with Crippen LogP contribution in [0.15, 0.2) is 12.1 Å². The minimum Gasteiger partial charge on any atom is -0.495 e. The van der Waals surface area contributed by atoms with Gasteiger partial charge in [0.25, 0.3) is 0 Å². The SMILES string of the molecule is COc1cc(C)cc(C)c1NC(N)=O. The van der Waals surface area contributed by atoms with E-state index in [1.165, 1.54) is 0 Å². The Balaban J connectivity index is 3.18. The molecule has 2 amide bonds. The Hall–Kier alpha value is -1.71. The van der Waals surface area contributed by atoms with Crippen molar-refractivity contribution >= 4 is 11.7 Å². The smallest absolute Gasteiger partial charge is 0.316 e. The molecule has 0 fully saturated rings. The molecule has 1 rings (SSSR count). The van der Waals surface area contributed by atoms with Gasteiger partial charge in [-0.2, -0.15) is 0 Å². The summed E-state index contributed by atoms with van der Waals surface area (Å²) in [4.78, 5) is 10.7. The number of aryl methyl sites for hydroxylation is 2. The molecule has 14 heavy (non-hydrogen) atoms. The van der Waals surface area contributed by atoms with Crippen LogP contribution in [-0.2, 0) is 0 Å². The van der Waals surface area contributed by atoms with E-state index in [0.29, 0.717) is 11.4 Å². The number of carbonyl (C=O) groups is 1. The molecule has 0 radical (unpaired) electrons. The molecule has 1 aromatic rings. The van der Waals surface area contributed by atoms with Crippen LogP contribution in [0.4, 0.5) is 10.5 Å². The minimum atomic E-state index is -0.588. The number of primary amides is 1. The average Bonchev–Trinajstić information content (AvgIpc) is 2.08. The van der Waals surface area contributed by atoms with Crippen molar-refractivity contribution < 1.29 is 9.53 Å². The Bertz CT molecular complexity index is 361. The summed E-state index contributed by atoms with van der Waals surface area (Å²) in [5.41, 5.74) is 7.69. The number of nitrogens with two attached hydrogens (primary N) is 1. The number of methoxy groups -OCH3 is 1. The first kappa shape index (κ1) is 10.4. The van der Waals surface area contributed by atoms with Gasteiger partial charge in [-0.15, -0.1) is 0 Å². The molecule has 0 unspecified atom stereocenters. The molecule has 0 aliphatic heterocycles. The number of anilines is 1. The van der Waals surface area contributed by atoms with E-state index in [1.807, 2.05) is 26.0 Å². The van der Waals surface area contributed by atoms with Gasteiger partial charge in [0.2, 0.25) is 0 Å². The number of hydrogen-bond donors (Lipinski definition) is 2. The third kappa shape index (κ3) is 2.16. The van der Waals surface area contributed by atoms with E-state index in [2.05, 4.69) is 5.32 Å². The maximum Gasteiger partial charge on any atom is 0.316 e. The van der Waals surface area contributed by atoms with Crippen molar-refractivity contribution in [1.29, 1.82) is 0 Å². The summed E-state index contributed by atoms with van der Waals surface area (Å²) in [7, 11) is 1.56. The van der Waals surface area contributed by atoms with Gasteiger partial charge >= 0.3 is 6.03 Å². The summed E-state index contributed by atoms with van der Waals surface area (Å²) in [6.45, 7) is 3.85. The average molecular weight is 194 g/mol. The Morgan fingerprint density at radius 1 is 1.43 bits per heavy atom. The molecule has 1 aromatic carbocycles. The molecule has 0 aromatic heterocycles. The number of amides is 2. The van der Waals surface area contributed by atoms with Gasteiger partial charge in [-0.3, -0.25) is 0 Å². The Morgan fingerprint density at radius 3 is 2.57 bits per heavy atom. The highest BCUT2D eigenvalue weighted by molar-refractivity contribution is 5.90. The predicted octanol–water partition coefficient (Wildman–Crippen LogP) is 1.80. The van der Waals surface area contributed by atoms with E-state index >= 15 is 0 Å². The third-order valence-corrected chi connectivity index (χ3v) is 1.91. The summed E-state index contributed by atoms with van der Waals surface area (Å²) in [5, 5.41) is 2.53. The normalized spacial score (nSPS) is 9.64. The monoisotopic (exact) mass is 194 g/mol. The number of benzene rings is 1. The second-order valence-corrected chi connectivity index (χ2v) is 3.15. The molecule has 0 saturated heterocycles. The maximum atomic E-state index is 10.7. The van der Waals surface area contributed by atoms with E-state index in [9.17, 15) is 4.79 Å². The van der Waals surface area contributed by atoms with E-state index < -0.39 is 6.03 Å². The molecule has 0 saturated carbocycles. The Morgan fingerprint density at radius 2 is 2.07 bits per heavy atom. The van der Waals surface area contributed by atoms with Crippen molar-refractivity contribution in [2.75, 3.05) is 12.4 Å².